The zero-order valence-electron chi connectivity index (χ0n) is 14.0. The van der Waals surface area contributed by atoms with Crippen LogP contribution in [0.2, 0.25) is 0 Å². The Morgan fingerprint density at radius 2 is 1.84 bits per heavy atom. The molecule has 1 heterocycles. The quantitative estimate of drug-likeness (QED) is 0.751. The van der Waals surface area contributed by atoms with Crippen LogP contribution in [0.5, 0.6) is 0 Å². The number of hydrogen-bond acceptors (Lipinski definition) is 6. The molecule has 2 atom stereocenters. The molecule has 0 aromatic carbocycles. The van der Waals surface area contributed by atoms with Gasteiger partial charge in [-0.25, -0.2) is 0 Å². The summed E-state index contributed by atoms with van der Waals surface area (Å²) in [5.41, 5.74) is 0.737. The molecular weight excluding hydrogens is 335 g/mol. The molecule has 1 unspecified atom stereocenters. The molecule has 0 amide bonds. The SMILES string of the molecule is C[C@@H](Nc1nc(NC2CCC2)nc(C2=CC(O)CCC2)n1)C(F)(F)F. The van der Waals surface area contributed by atoms with Crippen molar-refractivity contribution in [3.63, 3.8) is 0 Å². The minimum atomic E-state index is -4.39. The van der Waals surface area contributed by atoms with Crippen molar-refractivity contribution in [1.29, 1.82) is 0 Å². The van der Waals surface area contributed by atoms with Crippen molar-refractivity contribution in [2.75, 3.05) is 10.6 Å². The van der Waals surface area contributed by atoms with Crippen molar-refractivity contribution in [3.8, 4) is 0 Å². The molecule has 138 valence electrons. The Morgan fingerprint density at radius 3 is 2.44 bits per heavy atom. The number of halogens is 3. The molecule has 1 aromatic rings. The Morgan fingerprint density at radius 1 is 1.12 bits per heavy atom. The second-order valence-electron chi connectivity index (χ2n) is 6.64. The van der Waals surface area contributed by atoms with Crippen molar-refractivity contribution < 1.29 is 18.3 Å². The Labute approximate surface area is 144 Å². The molecule has 9 heteroatoms. The maximum absolute atomic E-state index is 12.8. The zero-order chi connectivity index (χ0) is 18.0. The Hall–Kier alpha value is -1.90. The Kier molecular flexibility index (Phi) is 5.12. The lowest BCUT2D eigenvalue weighted by Crippen LogP contribution is -2.34. The molecule has 3 N–H and O–H groups in total. The third-order valence-corrected chi connectivity index (χ3v) is 4.54. The largest absolute Gasteiger partial charge is 0.408 e. The number of aliphatic hydroxyl groups is 1. The maximum Gasteiger partial charge on any atom is 0.408 e. The van der Waals surface area contributed by atoms with E-state index in [4.69, 9.17) is 0 Å². The van der Waals surface area contributed by atoms with Gasteiger partial charge in [-0.05, 0) is 57.1 Å². The number of nitrogens with one attached hydrogen (secondary N) is 2. The minimum absolute atomic E-state index is 0.113. The first-order valence-corrected chi connectivity index (χ1v) is 8.56. The average Bonchev–Trinajstić information content (AvgIpc) is 2.50. The summed E-state index contributed by atoms with van der Waals surface area (Å²) in [5, 5.41) is 15.3. The Bertz CT molecular complexity index is 645. The van der Waals surface area contributed by atoms with Gasteiger partial charge >= 0.3 is 6.18 Å². The van der Waals surface area contributed by atoms with Crippen LogP contribution in [0.15, 0.2) is 6.08 Å². The summed E-state index contributed by atoms with van der Waals surface area (Å²) in [6.45, 7) is 1.02. The topological polar surface area (TPSA) is 83.0 Å². The predicted octanol–water partition coefficient (Wildman–Crippen LogP) is 3.13. The first-order chi connectivity index (χ1) is 11.8. The molecule has 25 heavy (non-hydrogen) atoms. The van der Waals surface area contributed by atoms with Gasteiger partial charge < -0.3 is 15.7 Å². The molecular formula is C16H22F3N5O. The highest BCUT2D eigenvalue weighted by atomic mass is 19.4. The highest BCUT2D eigenvalue weighted by Gasteiger charge is 2.36. The van der Waals surface area contributed by atoms with Crippen molar-refractivity contribution in [2.45, 2.75) is 69.8 Å². The van der Waals surface area contributed by atoms with Crippen molar-refractivity contribution >= 4 is 17.5 Å². The Balaban J connectivity index is 1.87. The molecule has 1 saturated carbocycles. The molecule has 1 aromatic heterocycles. The van der Waals surface area contributed by atoms with E-state index in [1.165, 1.54) is 0 Å². The molecule has 2 aliphatic carbocycles. The van der Waals surface area contributed by atoms with Crippen LogP contribution < -0.4 is 10.6 Å². The highest BCUT2D eigenvalue weighted by molar-refractivity contribution is 5.63. The molecule has 0 spiro atoms. The van der Waals surface area contributed by atoms with Gasteiger partial charge in [-0.3, -0.25) is 0 Å². The summed E-state index contributed by atoms with van der Waals surface area (Å²) >= 11 is 0. The second-order valence-corrected chi connectivity index (χ2v) is 6.64. The van der Waals surface area contributed by atoms with Crippen LogP contribution in [0.3, 0.4) is 0 Å². The first kappa shape index (κ1) is 17.9. The lowest BCUT2D eigenvalue weighted by molar-refractivity contribution is -0.138. The number of anilines is 2. The van der Waals surface area contributed by atoms with Gasteiger partial charge in [-0.15, -0.1) is 0 Å². The van der Waals surface area contributed by atoms with Crippen molar-refractivity contribution in [1.82, 2.24) is 15.0 Å². The standard InChI is InChI=1S/C16H22F3N5O/c1-9(16(17,18)19)20-14-22-13(10-4-2-7-12(25)8-10)23-15(24-14)21-11-5-3-6-11/h8-9,11-12,25H,2-7H2,1H3,(H2,20,21,22,23,24)/t9-,12?/m1/s1. The molecule has 6 nitrogen and oxygen atoms in total. The monoisotopic (exact) mass is 357 g/mol. The number of allylic oxidation sites excluding steroid dienone is 1. The fourth-order valence-electron chi connectivity index (χ4n) is 2.75. The summed E-state index contributed by atoms with van der Waals surface area (Å²) < 4.78 is 38.5. The molecule has 0 bridgehead atoms. The van der Waals surface area contributed by atoms with Crippen LogP contribution in [-0.4, -0.2) is 44.4 Å². The average molecular weight is 357 g/mol. The van der Waals surface area contributed by atoms with E-state index in [0.29, 0.717) is 18.7 Å². The van der Waals surface area contributed by atoms with Crippen LogP contribution in [0, 0.1) is 0 Å². The van der Waals surface area contributed by atoms with Crippen LogP contribution in [-0.2, 0) is 0 Å². The van der Waals surface area contributed by atoms with E-state index in [0.717, 1.165) is 38.2 Å². The van der Waals surface area contributed by atoms with E-state index in [9.17, 15) is 18.3 Å². The van der Waals surface area contributed by atoms with E-state index in [-0.39, 0.29) is 17.9 Å². The predicted molar refractivity (Wildman–Crippen MR) is 88.1 cm³/mol. The number of rotatable bonds is 5. The van der Waals surface area contributed by atoms with Crippen LogP contribution >= 0.6 is 0 Å². The second kappa shape index (κ2) is 7.15. The summed E-state index contributed by atoms with van der Waals surface area (Å²) in [5.74, 6) is 0.470. The van der Waals surface area contributed by atoms with Gasteiger partial charge in [0.15, 0.2) is 5.82 Å². The van der Waals surface area contributed by atoms with Gasteiger partial charge in [-0.2, -0.15) is 28.1 Å². The maximum atomic E-state index is 12.8. The van der Waals surface area contributed by atoms with E-state index in [1.807, 2.05) is 0 Å². The van der Waals surface area contributed by atoms with E-state index < -0.39 is 18.3 Å². The van der Waals surface area contributed by atoms with Gasteiger partial charge in [0.05, 0.1) is 6.10 Å². The smallest absolute Gasteiger partial charge is 0.389 e. The van der Waals surface area contributed by atoms with Crippen LogP contribution in [0.25, 0.3) is 5.57 Å². The summed E-state index contributed by atoms with van der Waals surface area (Å²) in [4.78, 5) is 12.6. The number of nitrogens with zero attached hydrogens (tertiary/aromatic N) is 3. The summed E-state index contributed by atoms with van der Waals surface area (Å²) in [6, 6.07) is -1.53. The fraction of sp³-hybridized carbons (Fsp3) is 0.688. The van der Waals surface area contributed by atoms with E-state index >= 15 is 0 Å². The zero-order valence-corrected chi connectivity index (χ0v) is 14.0. The van der Waals surface area contributed by atoms with Gasteiger partial charge in [0, 0.05) is 6.04 Å². The number of aromatic nitrogens is 3. The number of alkyl halides is 3. The number of aliphatic hydroxyl groups excluding tert-OH is 1. The summed E-state index contributed by atoms with van der Waals surface area (Å²) in [7, 11) is 0. The lowest BCUT2D eigenvalue weighted by Gasteiger charge is -2.27. The highest BCUT2D eigenvalue weighted by Crippen LogP contribution is 2.28. The van der Waals surface area contributed by atoms with Gasteiger partial charge in [0.2, 0.25) is 11.9 Å². The van der Waals surface area contributed by atoms with Crippen molar-refractivity contribution in [2.24, 2.45) is 0 Å². The normalized spacial score (nSPS) is 22.8. The molecule has 3 rings (SSSR count). The third-order valence-electron chi connectivity index (χ3n) is 4.54. The molecule has 0 aliphatic heterocycles. The van der Waals surface area contributed by atoms with Crippen LogP contribution in [0.1, 0.15) is 51.3 Å². The summed E-state index contributed by atoms with van der Waals surface area (Å²) in [6.07, 6.45) is 1.92. The molecule has 1 fully saturated rings. The van der Waals surface area contributed by atoms with E-state index in [2.05, 4.69) is 25.6 Å². The first-order valence-electron chi connectivity index (χ1n) is 8.56. The van der Waals surface area contributed by atoms with E-state index in [1.54, 1.807) is 6.08 Å². The molecule has 0 saturated heterocycles. The number of hydrogen-bond donors (Lipinski definition) is 3. The van der Waals surface area contributed by atoms with Gasteiger partial charge in [0.25, 0.3) is 0 Å². The van der Waals surface area contributed by atoms with Crippen LogP contribution in [0.4, 0.5) is 25.1 Å². The fourth-order valence-corrected chi connectivity index (χ4v) is 2.75. The van der Waals surface area contributed by atoms with Gasteiger partial charge in [0.1, 0.15) is 6.04 Å². The van der Waals surface area contributed by atoms with Crippen molar-refractivity contribution in [3.05, 3.63) is 11.9 Å². The lowest BCUT2D eigenvalue weighted by atomic mass is 9.93. The minimum Gasteiger partial charge on any atom is -0.389 e. The van der Waals surface area contributed by atoms with Gasteiger partial charge in [-0.1, -0.05) is 0 Å². The third kappa shape index (κ3) is 4.59. The molecule has 2 aliphatic rings. The molecule has 0 radical (unpaired) electrons.